The van der Waals surface area contributed by atoms with Crippen LogP contribution in [0.1, 0.15) is 56.7 Å². The average Bonchev–Trinajstić information content (AvgIpc) is 3.11. The van der Waals surface area contributed by atoms with Gasteiger partial charge in [0, 0.05) is 29.8 Å². The van der Waals surface area contributed by atoms with Gasteiger partial charge in [-0.1, -0.05) is 20.8 Å². The first-order chi connectivity index (χ1) is 8.60. The molecule has 3 heteroatoms. The molecular formula is C15H25N3. The van der Waals surface area contributed by atoms with Gasteiger partial charge in [0.15, 0.2) is 0 Å². The molecule has 1 aliphatic rings. The zero-order valence-corrected chi connectivity index (χ0v) is 12.0. The molecule has 1 unspecified atom stereocenters. The van der Waals surface area contributed by atoms with Crippen molar-refractivity contribution >= 4 is 0 Å². The van der Waals surface area contributed by atoms with Crippen LogP contribution in [-0.4, -0.2) is 22.6 Å². The smallest absolute Gasteiger partial charge is 0.131 e. The number of aromatic nitrogens is 2. The maximum Gasteiger partial charge on any atom is 0.131 e. The maximum absolute atomic E-state index is 4.71. The van der Waals surface area contributed by atoms with Gasteiger partial charge in [0.25, 0.3) is 0 Å². The number of nitrogens with zero attached hydrogens (tertiary/aromatic N) is 2. The van der Waals surface area contributed by atoms with Crippen LogP contribution in [0.15, 0.2) is 6.07 Å². The summed E-state index contributed by atoms with van der Waals surface area (Å²) in [5.41, 5.74) is 2.29. The van der Waals surface area contributed by atoms with Crippen molar-refractivity contribution in [3.8, 4) is 0 Å². The molecule has 100 valence electrons. The Kier molecular flexibility index (Phi) is 4.33. The minimum Gasteiger partial charge on any atom is -0.314 e. The van der Waals surface area contributed by atoms with Crippen molar-refractivity contribution in [2.75, 3.05) is 6.54 Å². The molecule has 0 aromatic carbocycles. The highest BCUT2D eigenvalue weighted by Gasteiger charge is 2.30. The Hall–Kier alpha value is -0.960. The molecule has 0 aliphatic heterocycles. The van der Waals surface area contributed by atoms with E-state index in [4.69, 9.17) is 4.98 Å². The molecule has 1 heterocycles. The van der Waals surface area contributed by atoms with Gasteiger partial charge in [-0.3, -0.25) is 0 Å². The van der Waals surface area contributed by atoms with Crippen LogP contribution in [0.5, 0.6) is 0 Å². The molecule has 1 aliphatic carbocycles. The summed E-state index contributed by atoms with van der Waals surface area (Å²) in [7, 11) is 0. The molecule has 0 spiro atoms. The summed E-state index contributed by atoms with van der Waals surface area (Å²) in [6, 6.07) is 2.74. The molecule has 1 N–H and O–H groups in total. The summed E-state index contributed by atoms with van der Waals surface area (Å²) >= 11 is 0. The highest BCUT2D eigenvalue weighted by Crippen LogP contribution is 2.34. The predicted molar refractivity (Wildman–Crippen MR) is 74.8 cm³/mol. The monoisotopic (exact) mass is 247 g/mol. The van der Waals surface area contributed by atoms with Crippen molar-refractivity contribution in [2.24, 2.45) is 5.92 Å². The van der Waals surface area contributed by atoms with Crippen molar-refractivity contribution in [1.29, 1.82) is 0 Å². The zero-order chi connectivity index (χ0) is 13.1. The number of likely N-dealkylation sites (N-methyl/N-ethyl adjacent to an activating group) is 1. The topological polar surface area (TPSA) is 37.8 Å². The maximum atomic E-state index is 4.71. The van der Waals surface area contributed by atoms with E-state index in [0.717, 1.165) is 30.4 Å². The Morgan fingerprint density at radius 2 is 2.06 bits per heavy atom. The van der Waals surface area contributed by atoms with Crippen LogP contribution in [0.2, 0.25) is 0 Å². The van der Waals surface area contributed by atoms with Crippen LogP contribution in [0.25, 0.3) is 0 Å². The number of hydrogen-bond acceptors (Lipinski definition) is 3. The summed E-state index contributed by atoms with van der Waals surface area (Å²) in [6.45, 7) is 9.60. The lowest BCUT2D eigenvalue weighted by Gasteiger charge is -2.17. The second kappa shape index (κ2) is 5.79. The third-order valence-corrected chi connectivity index (χ3v) is 3.53. The van der Waals surface area contributed by atoms with Crippen molar-refractivity contribution in [3.05, 3.63) is 23.3 Å². The molecule has 0 saturated heterocycles. The van der Waals surface area contributed by atoms with E-state index in [0.29, 0.717) is 12.0 Å². The Morgan fingerprint density at radius 1 is 1.33 bits per heavy atom. The number of hydrogen-bond donors (Lipinski definition) is 1. The molecule has 1 fully saturated rings. The molecule has 0 amide bonds. The quantitative estimate of drug-likeness (QED) is 0.840. The van der Waals surface area contributed by atoms with Crippen molar-refractivity contribution in [3.63, 3.8) is 0 Å². The van der Waals surface area contributed by atoms with Crippen molar-refractivity contribution in [1.82, 2.24) is 15.3 Å². The van der Waals surface area contributed by atoms with E-state index in [2.05, 4.69) is 44.1 Å². The minimum atomic E-state index is 0.405. The van der Waals surface area contributed by atoms with Crippen LogP contribution < -0.4 is 5.32 Å². The highest BCUT2D eigenvalue weighted by atomic mass is 14.9. The first-order valence-corrected chi connectivity index (χ1v) is 7.18. The molecular weight excluding hydrogens is 222 g/mol. The Morgan fingerprint density at radius 3 is 2.61 bits per heavy atom. The molecule has 1 saturated carbocycles. The third-order valence-electron chi connectivity index (χ3n) is 3.53. The zero-order valence-electron chi connectivity index (χ0n) is 12.0. The van der Waals surface area contributed by atoms with E-state index in [-0.39, 0.29) is 0 Å². The molecule has 1 aromatic heterocycles. The number of nitrogens with one attached hydrogen (secondary N) is 1. The lowest BCUT2D eigenvalue weighted by Crippen LogP contribution is -2.33. The summed E-state index contributed by atoms with van der Waals surface area (Å²) in [4.78, 5) is 9.23. The molecule has 2 rings (SSSR count). The molecule has 1 atom stereocenters. The summed E-state index contributed by atoms with van der Waals surface area (Å²) < 4.78 is 0. The van der Waals surface area contributed by atoms with E-state index >= 15 is 0 Å². The third kappa shape index (κ3) is 3.52. The fraction of sp³-hybridized carbons (Fsp3) is 0.733. The summed E-state index contributed by atoms with van der Waals surface area (Å²) in [5.74, 6) is 2.25. The lowest BCUT2D eigenvalue weighted by molar-refractivity contribution is 0.467. The van der Waals surface area contributed by atoms with Gasteiger partial charge in [-0.05, 0) is 38.3 Å². The van der Waals surface area contributed by atoms with E-state index in [1.165, 1.54) is 18.5 Å². The molecule has 18 heavy (non-hydrogen) atoms. The Balaban J connectivity index is 2.11. The van der Waals surface area contributed by atoms with E-state index < -0.39 is 0 Å². The van der Waals surface area contributed by atoms with Gasteiger partial charge < -0.3 is 5.32 Å². The standard InChI is InChI=1S/C15H25N3/c1-5-16-14(12-6-7-12)9-13-8-11(4)17-15(18-13)10(2)3/h8,10,12,14,16H,5-7,9H2,1-4H3. The second-order valence-corrected chi connectivity index (χ2v) is 5.72. The SMILES string of the molecule is CCNC(Cc1cc(C)nc(C(C)C)n1)C1CC1. The highest BCUT2D eigenvalue weighted by molar-refractivity contribution is 5.13. The average molecular weight is 247 g/mol. The van der Waals surface area contributed by atoms with E-state index in [1.807, 2.05) is 0 Å². The van der Waals surface area contributed by atoms with Crippen molar-refractivity contribution in [2.45, 2.75) is 58.9 Å². The summed E-state index contributed by atoms with van der Waals surface area (Å²) in [5, 5.41) is 3.60. The number of rotatable bonds is 6. The fourth-order valence-electron chi connectivity index (χ4n) is 2.41. The van der Waals surface area contributed by atoms with Gasteiger partial charge in [-0.2, -0.15) is 0 Å². The Labute approximate surface area is 110 Å². The molecule has 3 nitrogen and oxygen atoms in total. The van der Waals surface area contributed by atoms with Crippen molar-refractivity contribution < 1.29 is 0 Å². The molecule has 0 radical (unpaired) electrons. The largest absolute Gasteiger partial charge is 0.314 e. The van der Waals surface area contributed by atoms with Crippen LogP contribution in [-0.2, 0) is 6.42 Å². The fourth-order valence-corrected chi connectivity index (χ4v) is 2.41. The summed E-state index contributed by atoms with van der Waals surface area (Å²) in [6.07, 6.45) is 3.79. The first kappa shape index (κ1) is 13.5. The lowest BCUT2D eigenvalue weighted by atomic mass is 10.1. The minimum absolute atomic E-state index is 0.405. The first-order valence-electron chi connectivity index (χ1n) is 7.18. The van der Waals surface area contributed by atoms with Gasteiger partial charge in [-0.15, -0.1) is 0 Å². The van der Waals surface area contributed by atoms with Crippen LogP contribution in [0.3, 0.4) is 0 Å². The predicted octanol–water partition coefficient (Wildman–Crippen LogP) is 2.84. The van der Waals surface area contributed by atoms with E-state index in [1.54, 1.807) is 0 Å². The normalized spacial score (nSPS) is 17.2. The van der Waals surface area contributed by atoms with Gasteiger partial charge in [0.2, 0.25) is 0 Å². The van der Waals surface area contributed by atoms with Gasteiger partial charge >= 0.3 is 0 Å². The van der Waals surface area contributed by atoms with E-state index in [9.17, 15) is 0 Å². The van der Waals surface area contributed by atoms with Crippen LogP contribution >= 0.6 is 0 Å². The molecule has 1 aromatic rings. The van der Waals surface area contributed by atoms with Gasteiger partial charge in [0.1, 0.15) is 5.82 Å². The van der Waals surface area contributed by atoms with Crippen LogP contribution in [0.4, 0.5) is 0 Å². The second-order valence-electron chi connectivity index (χ2n) is 5.72. The van der Waals surface area contributed by atoms with Gasteiger partial charge in [0.05, 0.1) is 0 Å². The Bertz CT molecular complexity index is 397. The number of aryl methyl sites for hydroxylation is 1. The van der Waals surface area contributed by atoms with Crippen LogP contribution in [0, 0.1) is 12.8 Å². The molecule has 0 bridgehead atoms. The van der Waals surface area contributed by atoms with Gasteiger partial charge in [-0.25, -0.2) is 9.97 Å².